The van der Waals surface area contributed by atoms with Crippen LogP contribution in [0.1, 0.15) is 181 Å². The van der Waals surface area contributed by atoms with E-state index < -0.39 is 13.9 Å². The highest BCUT2D eigenvalue weighted by Gasteiger charge is 2.26. The van der Waals surface area contributed by atoms with Crippen LogP contribution < -0.4 is 0 Å². The van der Waals surface area contributed by atoms with Crippen molar-refractivity contribution in [1.29, 1.82) is 0 Å². The molecular formula is C38H79NO6PS+. The van der Waals surface area contributed by atoms with Gasteiger partial charge in [0.15, 0.2) is 5.05 Å². The van der Waals surface area contributed by atoms with E-state index in [1.165, 1.54) is 141 Å². The molecule has 7 nitrogen and oxygen atoms in total. The smallest absolute Gasteiger partial charge is 0.472 e. The Morgan fingerprint density at radius 2 is 1.00 bits per heavy atom. The summed E-state index contributed by atoms with van der Waals surface area (Å²) in [6.45, 7) is 4.61. The predicted molar refractivity (Wildman–Crippen MR) is 204 cm³/mol. The van der Waals surface area contributed by atoms with Crippen molar-refractivity contribution in [3.05, 3.63) is 0 Å². The first-order valence-corrected chi connectivity index (χ1v) is 21.7. The Morgan fingerprint density at radius 1 is 0.638 bits per heavy atom. The van der Waals surface area contributed by atoms with E-state index in [4.69, 9.17) is 26.0 Å². The number of hydrogen-bond donors (Lipinski definition) is 2. The first-order chi connectivity index (χ1) is 22.5. The summed E-state index contributed by atoms with van der Waals surface area (Å²) in [4.78, 5) is 10.1. The van der Waals surface area contributed by atoms with Crippen LogP contribution in [0.2, 0.25) is 0 Å². The number of unbranched alkanes of at least 4 members (excludes halogenated alkanes) is 22. The minimum absolute atomic E-state index is 0.0977. The molecule has 2 atom stereocenters. The average molecular weight is 709 g/mol. The second kappa shape index (κ2) is 31.9. The normalized spacial score (nSPS) is 14.0. The number of aliphatic hydroxyl groups is 1. The van der Waals surface area contributed by atoms with Crippen molar-refractivity contribution < 1.29 is 32.8 Å². The molecule has 1 unspecified atom stereocenters. The lowest BCUT2D eigenvalue weighted by atomic mass is 9.94. The summed E-state index contributed by atoms with van der Waals surface area (Å²) in [7, 11) is 1.70. The number of phosphoric acid groups is 1. The molecule has 0 spiro atoms. The summed E-state index contributed by atoms with van der Waals surface area (Å²) in [5.74, 6) is 0.145. The van der Waals surface area contributed by atoms with E-state index in [1.54, 1.807) is 0 Å². The van der Waals surface area contributed by atoms with E-state index in [-0.39, 0.29) is 25.7 Å². The molecule has 0 aliphatic rings. The number of likely N-dealkylation sites (N-methyl/N-ethyl adjacent to an activating group) is 1. The van der Waals surface area contributed by atoms with Gasteiger partial charge in [0.05, 0.1) is 34.4 Å². The van der Waals surface area contributed by atoms with Crippen molar-refractivity contribution in [2.24, 2.45) is 5.92 Å². The second-order valence-corrected chi connectivity index (χ2v) is 16.8. The summed E-state index contributed by atoms with van der Waals surface area (Å²) >= 11 is 5.76. The molecule has 2 N–H and O–H groups in total. The van der Waals surface area contributed by atoms with Crippen molar-refractivity contribution >= 4 is 25.1 Å². The molecule has 9 heteroatoms. The van der Waals surface area contributed by atoms with Crippen molar-refractivity contribution in [3.8, 4) is 0 Å². The van der Waals surface area contributed by atoms with Gasteiger partial charge in [0.2, 0.25) is 0 Å². The van der Waals surface area contributed by atoms with Gasteiger partial charge < -0.3 is 19.2 Å². The molecule has 0 aliphatic carbocycles. The summed E-state index contributed by atoms with van der Waals surface area (Å²) < 4.78 is 29.2. The zero-order valence-corrected chi connectivity index (χ0v) is 33.4. The monoisotopic (exact) mass is 709 g/mol. The second-order valence-electron chi connectivity index (χ2n) is 14.9. The third-order valence-electron chi connectivity index (χ3n) is 9.07. The maximum absolute atomic E-state index is 12.4. The Balaban J connectivity index is 4.58. The summed E-state index contributed by atoms with van der Waals surface area (Å²) in [6.07, 6.45) is 32.8. The largest absolute Gasteiger partial charge is 0.479 e. The highest BCUT2D eigenvalue weighted by molar-refractivity contribution is 7.80. The number of ether oxygens (including phenoxy) is 1. The van der Waals surface area contributed by atoms with Crippen molar-refractivity contribution in [2.75, 3.05) is 47.5 Å². The Bertz CT molecular complexity index is 722. The molecule has 0 rings (SSSR count). The number of rotatable bonds is 36. The fourth-order valence-electron chi connectivity index (χ4n) is 5.87. The minimum Gasteiger partial charge on any atom is -0.479 e. The van der Waals surface area contributed by atoms with Crippen LogP contribution in [-0.4, -0.2) is 73.1 Å². The molecule has 0 amide bonds. The van der Waals surface area contributed by atoms with Crippen LogP contribution in [0, 0.1) is 5.92 Å². The lowest BCUT2D eigenvalue weighted by Gasteiger charge is -2.25. The molecule has 0 saturated heterocycles. The number of hydrogen-bond acceptors (Lipinski definition) is 6. The third-order valence-corrected chi connectivity index (χ3v) is 10.5. The third kappa shape index (κ3) is 32.9. The highest BCUT2D eigenvalue weighted by atomic mass is 32.1. The topological polar surface area (TPSA) is 85.2 Å². The average Bonchev–Trinajstić information content (AvgIpc) is 3.02. The maximum Gasteiger partial charge on any atom is 0.472 e. The van der Waals surface area contributed by atoms with Crippen LogP contribution >= 0.6 is 20.0 Å². The first kappa shape index (κ1) is 46.9. The van der Waals surface area contributed by atoms with Gasteiger partial charge in [-0.15, -0.1) is 0 Å². The van der Waals surface area contributed by atoms with E-state index in [1.807, 2.05) is 21.1 Å². The molecule has 0 radical (unpaired) electrons. The number of nitrogens with zero attached hydrogens (tertiary/aromatic N) is 1. The van der Waals surface area contributed by atoms with Gasteiger partial charge in [-0.05, 0) is 25.1 Å². The lowest BCUT2D eigenvalue weighted by Crippen LogP contribution is -2.37. The minimum atomic E-state index is -4.24. The number of phosphoric ester groups is 1. The fraction of sp³-hybridized carbons (Fsp3) is 0.974. The van der Waals surface area contributed by atoms with E-state index in [9.17, 15) is 14.6 Å². The zero-order chi connectivity index (χ0) is 35.1. The van der Waals surface area contributed by atoms with Crippen LogP contribution in [0.3, 0.4) is 0 Å². The van der Waals surface area contributed by atoms with Gasteiger partial charge in [0, 0.05) is 5.92 Å². The Labute approximate surface area is 297 Å². The molecule has 0 aliphatic heterocycles. The molecule has 0 saturated carbocycles. The zero-order valence-electron chi connectivity index (χ0n) is 31.7. The van der Waals surface area contributed by atoms with Crippen LogP contribution in [0.5, 0.6) is 0 Å². The van der Waals surface area contributed by atoms with Gasteiger partial charge in [-0.1, -0.05) is 168 Å². The lowest BCUT2D eigenvalue weighted by molar-refractivity contribution is -0.870. The van der Waals surface area contributed by atoms with Gasteiger partial charge in [0.1, 0.15) is 19.3 Å². The Morgan fingerprint density at radius 3 is 1.34 bits per heavy atom. The summed E-state index contributed by atoms with van der Waals surface area (Å²) in [5.41, 5.74) is 0. The molecule has 0 aromatic carbocycles. The van der Waals surface area contributed by atoms with E-state index in [0.717, 1.165) is 25.7 Å². The molecule has 0 fully saturated rings. The first-order valence-electron chi connectivity index (χ1n) is 19.8. The van der Waals surface area contributed by atoms with Gasteiger partial charge in [0.25, 0.3) is 0 Å². The number of thiocarbonyl (C=S) groups is 1. The summed E-state index contributed by atoms with van der Waals surface area (Å²) in [6, 6.07) is 0. The molecule has 0 aromatic heterocycles. The molecule has 282 valence electrons. The number of aliphatic hydroxyl groups excluding tert-OH is 1. The van der Waals surface area contributed by atoms with E-state index in [2.05, 4.69) is 13.8 Å². The van der Waals surface area contributed by atoms with Crippen LogP contribution in [0.15, 0.2) is 0 Å². The standard InChI is InChI=1S/C38H78NO6PS/c1-6-8-10-12-14-16-18-20-22-24-26-28-30-36(31-29-27-25-23-21-19-17-15-13-11-9-7-2)38(47)45-37(34-40)35-44-46(41,42)43-33-32-39(3,4)5/h36-37,40H,6-35H2,1-5H3/p+1/t37-/m0/s1. The van der Waals surface area contributed by atoms with E-state index in [0.29, 0.717) is 16.1 Å². The van der Waals surface area contributed by atoms with Gasteiger partial charge in [-0.2, -0.15) is 0 Å². The summed E-state index contributed by atoms with van der Waals surface area (Å²) in [5, 5.41) is 10.4. The van der Waals surface area contributed by atoms with Crippen LogP contribution in [0.25, 0.3) is 0 Å². The molecular weight excluding hydrogens is 629 g/mol. The van der Waals surface area contributed by atoms with Crippen LogP contribution in [0.4, 0.5) is 0 Å². The van der Waals surface area contributed by atoms with E-state index >= 15 is 0 Å². The predicted octanol–water partition coefficient (Wildman–Crippen LogP) is 11.3. The van der Waals surface area contributed by atoms with Crippen molar-refractivity contribution in [3.63, 3.8) is 0 Å². The molecule has 0 heterocycles. The molecule has 0 aromatic rings. The Kier molecular flexibility index (Phi) is 31.8. The SMILES string of the molecule is CCCCCCCCCCCCCCC(CCCCCCCCCCCCCC)C(=S)O[C@@H](CO)COP(=O)(O)OCC[N+](C)(C)C. The van der Waals surface area contributed by atoms with Crippen molar-refractivity contribution in [2.45, 2.75) is 187 Å². The van der Waals surface area contributed by atoms with Crippen LogP contribution in [-0.2, 0) is 18.3 Å². The number of quaternary nitrogens is 1. The molecule has 0 bridgehead atoms. The maximum atomic E-state index is 12.4. The highest BCUT2D eigenvalue weighted by Crippen LogP contribution is 2.43. The van der Waals surface area contributed by atoms with Gasteiger partial charge in [-0.25, -0.2) is 4.57 Å². The van der Waals surface area contributed by atoms with Gasteiger partial charge in [-0.3, -0.25) is 9.05 Å². The Hall–Kier alpha value is -0.0800. The van der Waals surface area contributed by atoms with Crippen molar-refractivity contribution in [1.82, 2.24) is 0 Å². The molecule has 47 heavy (non-hydrogen) atoms. The fourth-order valence-corrected chi connectivity index (χ4v) is 6.99. The van der Waals surface area contributed by atoms with Gasteiger partial charge >= 0.3 is 7.82 Å². The quantitative estimate of drug-likeness (QED) is 0.0290.